The predicted molar refractivity (Wildman–Crippen MR) is 331 cm³/mol. The number of furan rings is 2. The van der Waals surface area contributed by atoms with Crippen molar-refractivity contribution in [2.45, 2.75) is 24.7 Å². The Balaban J connectivity index is 1.01. The van der Waals surface area contributed by atoms with Gasteiger partial charge in [0.1, 0.15) is 16.7 Å². The van der Waals surface area contributed by atoms with Crippen LogP contribution < -0.4 is 9.80 Å². The van der Waals surface area contributed by atoms with Gasteiger partial charge in [-0.1, -0.05) is 238 Å². The van der Waals surface area contributed by atoms with Crippen molar-refractivity contribution in [1.29, 1.82) is 0 Å². The third-order valence-electron chi connectivity index (χ3n) is 17.3. The van der Waals surface area contributed by atoms with Gasteiger partial charge in [0.25, 0.3) is 0 Å². The Morgan fingerprint density at radius 1 is 0.312 bits per heavy atom. The van der Waals surface area contributed by atoms with Gasteiger partial charge in [0.05, 0.1) is 33.6 Å². The number of fused-ring (bicyclic) bond motifs is 12. The standard InChI is InChI=1S/C76H52N2O2/c1-75(2)62-40-15-12-32-55(62)57-36-20-43-65(71(57)75)78(67-45-22-39-60-59-38-19-35-54(73(59)80-74(60)67)49-24-6-3-7-25-49)53-31-18-30-52(48-53)77(64-42-23-47-69-70(64)61-34-14-17-46-68(61)79-69)66-44-21-37-58-56-33-13-16-41-63(56)76(72(58)66,50-26-8-4-9-27-50)51-28-10-5-11-29-51/h3-48H,1-2H3. The first-order valence-corrected chi connectivity index (χ1v) is 27.7. The van der Waals surface area contributed by atoms with Crippen molar-refractivity contribution < 1.29 is 8.83 Å². The molecule has 2 aliphatic rings. The molecule has 0 unspecified atom stereocenters. The van der Waals surface area contributed by atoms with E-state index in [1.54, 1.807) is 0 Å². The van der Waals surface area contributed by atoms with Crippen LogP contribution in [0.5, 0.6) is 0 Å². The molecule has 2 aromatic heterocycles. The summed E-state index contributed by atoms with van der Waals surface area (Å²) >= 11 is 0. The summed E-state index contributed by atoms with van der Waals surface area (Å²) in [6.45, 7) is 4.75. The van der Waals surface area contributed by atoms with Crippen LogP contribution in [0.4, 0.5) is 34.1 Å². The van der Waals surface area contributed by atoms with Gasteiger partial charge in [-0.3, -0.25) is 0 Å². The van der Waals surface area contributed by atoms with Crippen molar-refractivity contribution in [1.82, 2.24) is 0 Å². The van der Waals surface area contributed by atoms with E-state index < -0.39 is 5.41 Å². The summed E-state index contributed by atoms with van der Waals surface area (Å²) < 4.78 is 14.1. The SMILES string of the molecule is CC1(C)c2ccccc2-c2cccc(N(c3cccc(N(c4cccc5c4C(c4ccccc4)(c4ccccc4)c4ccccc4-5)c4cccc5oc6ccccc6c45)c3)c3cccc4c3oc3c(-c5ccccc5)cccc34)c21. The Labute approximate surface area is 464 Å². The molecule has 0 radical (unpaired) electrons. The van der Waals surface area contributed by atoms with Gasteiger partial charge >= 0.3 is 0 Å². The Kier molecular flexibility index (Phi) is 10.2. The molecular weight excluding hydrogens is 973 g/mol. The van der Waals surface area contributed by atoms with Crippen molar-refractivity contribution in [3.05, 3.63) is 312 Å². The number of nitrogens with zero attached hydrogens (tertiary/aromatic N) is 2. The zero-order valence-corrected chi connectivity index (χ0v) is 44.3. The van der Waals surface area contributed by atoms with Crippen LogP contribution in [0.2, 0.25) is 0 Å². The lowest BCUT2D eigenvalue weighted by Gasteiger charge is -2.38. The first kappa shape index (κ1) is 46.0. The van der Waals surface area contributed by atoms with Crippen molar-refractivity contribution in [3.8, 4) is 33.4 Å². The van der Waals surface area contributed by atoms with E-state index in [1.165, 1.54) is 55.6 Å². The van der Waals surface area contributed by atoms with Gasteiger partial charge in [-0.2, -0.15) is 0 Å². The van der Waals surface area contributed by atoms with Gasteiger partial charge in [-0.05, 0) is 110 Å². The van der Waals surface area contributed by atoms with Crippen molar-refractivity contribution in [3.63, 3.8) is 0 Å². The zero-order valence-electron chi connectivity index (χ0n) is 44.3. The Hall–Kier alpha value is -10.2. The fraction of sp³-hybridized carbons (Fsp3) is 0.0526. The number of benzene rings is 12. The van der Waals surface area contributed by atoms with E-state index in [4.69, 9.17) is 8.83 Å². The minimum atomic E-state index is -0.694. The predicted octanol–water partition coefficient (Wildman–Crippen LogP) is 20.8. The summed E-state index contributed by atoms with van der Waals surface area (Å²) in [5.74, 6) is 0. The molecule has 0 saturated heterocycles. The number of hydrogen-bond acceptors (Lipinski definition) is 4. The summed E-state index contributed by atoms with van der Waals surface area (Å²) in [4.78, 5) is 4.98. The van der Waals surface area contributed by atoms with E-state index in [2.05, 4.69) is 303 Å². The maximum Gasteiger partial charge on any atom is 0.159 e. The first-order valence-electron chi connectivity index (χ1n) is 27.7. The lowest BCUT2D eigenvalue weighted by atomic mass is 9.67. The van der Waals surface area contributed by atoms with Crippen LogP contribution in [0.1, 0.15) is 47.2 Å². The minimum Gasteiger partial charge on any atom is -0.456 e. The molecule has 16 rings (SSSR count). The summed E-state index contributed by atoms with van der Waals surface area (Å²) in [7, 11) is 0. The van der Waals surface area contributed by atoms with Crippen LogP contribution in [0.25, 0.3) is 77.3 Å². The van der Waals surface area contributed by atoms with E-state index >= 15 is 0 Å². The number of rotatable bonds is 9. The molecule has 0 atom stereocenters. The second-order valence-corrected chi connectivity index (χ2v) is 21.8. The number of para-hydroxylation sites is 3. The highest BCUT2D eigenvalue weighted by Gasteiger charge is 2.49. The smallest absolute Gasteiger partial charge is 0.159 e. The van der Waals surface area contributed by atoms with Crippen LogP contribution >= 0.6 is 0 Å². The fourth-order valence-corrected chi connectivity index (χ4v) is 14.0. The normalized spacial score (nSPS) is 13.6. The highest BCUT2D eigenvalue weighted by atomic mass is 16.3. The van der Waals surface area contributed by atoms with Gasteiger partial charge in [-0.15, -0.1) is 0 Å². The summed E-state index contributed by atoms with van der Waals surface area (Å²) in [5.41, 5.74) is 23.0. The van der Waals surface area contributed by atoms with Gasteiger partial charge in [0.15, 0.2) is 5.58 Å². The zero-order chi connectivity index (χ0) is 53.1. The maximum absolute atomic E-state index is 7.35. The van der Waals surface area contributed by atoms with E-state index in [9.17, 15) is 0 Å². The molecule has 0 spiro atoms. The number of hydrogen-bond donors (Lipinski definition) is 0. The molecule has 2 heterocycles. The van der Waals surface area contributed by atoms with Crippen LogP contribution in [-0.2, 0) is 10.8 Å². The van der Waals surface area contributed by atoms with Crippen molar-refractivity contribution in [2.75, 3.05) is 9.80 Å². The molecule has 0 amide bonds. The largest absolute Gasteiger partial charge is 0.456 e. The van der Waals surface area contributed by atoms with Crippen molar-refractivity contribution in [2.24, 2.45) is 0 Å². The van der Waals surface area contributed by atoms with E-state index in [0.29, 0.717) is 0 Å². The Morgan fingerprint density at radius 2 is 0.775 bits per heavy atom. The second kappa shape index (κ2) is 17.7. The highest BCUT2D eigenvalue weighted by Crippen LogP contribution is 2.61. The average Bonchev–Trinajstić information content (AvgIpc) is 4.34. The highest BCUT2D eigenvalue weighted by molar-refractivity contribution is 6.16. The van der Waals surface area contributed by atoms with Gasteiger partial charge in [0, 0.05) is 44.1 Å². The summed E-state index contributed by atoms with van der Waals surface area (Å²) in [6.07, 6.45) is 0. The maximum atomic E-state index is 7.35. The molecule has 2 aliphatic carbocycles. The second-order valence-electron chi connectivity index (χ2n) is 21.8. The molecular formula is C76H52N2O2. The third kappa shape index (κ3) is 6.57. The van der Waals surface area contributed by atoms with Crippen LogP contribution in [-0.4, -0.2) is 0 Å². The molecule has 0 saturated carbocycles. The number of anilines is 6. The topological polar surface area (TPSA) is 32.8 Å². The van der Waals surface area contributed by atoms with Crippen LogP contribution in [0, 0.1) is 0 Å². The molecule has 4 heteroatoms. The summed E-state index contributed by atoms with van der Waals surface area (Å²) in [6, 6.07) is 102. The minimum absolute atomic E-state index is 0.331. The quantitative estimate of drug-likeness (QED) is 0.144. The van der Waals surface area contributed by atoms with Crippen LogP contribution in [0.15, 0.2) is 288 Å². The molecule has 0 N–H and O–H groups in total. The lowest BCUT2D eigenvalue weighted by Crippen LogP contribution is -2.30. The molecule has 0 bridgehead atoms. The fourth-order valence-electron chi connectivity index (χ4n) is 14.0. The lowest BCUT2D eigenvalue weighted by molar-refractivity contribution is 0.659. The van der Waals surface area contributed by atoms with Gasteiger partial charge in [-0.25, -0.2) is 0 Å². The molecule has 12 aromatic carbocycles. The molecule has 80 heavy (non-hydrogen) atoms. The van der Waals surface area contributed by atoms with E-state index in [0.717, 1.165) is 89.1 Å². The van der Waals surface area contributed by atoms with E-state index in [-0.39, 0.29) is 5.41 Å². The van der Waals surface area contributed by atoms with E-state index in [1.807, 2.05) is 0 Å². The molecule has 4 nitrogen and oxygen atoms in total. The molecule has 14 aromatic rings. The van der Waals surface area contributed by atoms with Crippen LogP contribution in [0.3, 0.4) is 0 Å². The monoisotopic (exact) mass is 1020 g/mol. The third-order valence-corrected chi connectivity index (χ3v) is 17.3. The molecule has 0 aliphatic heterocycles. The van der Waals surface area contributed by atoms with Gasteiger partial charge in [0.2, 0.25) is 0 Å². The molecule has 0 fully saturated rings. The summed E-state index contributed by atoms with van der Waals surface area (Å²) in [5, 5.41) is 4.24. The average molecular weight is 1030 g/mol. The molecule has 378 valence electrons. The van der Waals surface area contributed by atoms with Gasteiger partial charge < -0.3 is 18.6 Å². The first-order chi connectivity index (χ1) is 39.5. The Morgan fingerprint density at radius 3 is 1.50 bits per heavy atom. The van der Waals surface area contributed by atoms with Crippen molar-refractivity contribution >= 4 is 78.0 Å². The Bertz CT molecular complexity index is 4720.